The van der Waals surface area contributed by atoms with Gasteiger partial charge in [-0.05, 0) is 147 Å². The number of fused-ring (bicyclic) bond motifs is 9. The topological polar surface area (TPSA) is 6.48 Å². The molecule has 2 aliphatic heterocycles. The van der Waals surface area contributed by atoms with Crippen molar-refractivity contribution in [1.82, 2.24) is 0 Å². The van der Waals surface area contributed by atoms with Crippen molar-refractivity contribution < 1.29 is 0 Å². The third-order valence-corrected chi connectivity index (χ3v) is 15.8. The summed E-state index contributed by atoms with van der Waals surface area (Å²) >= 11 is 0. The number of rotatable bonds is 5. The van der Waals surface area contributed by atoms with E-state index in [1.54, 1.807) is 0 Å². The third kappa shape index (κ3) is 5.80. The lowest BCUT2D eigenvalue weighted by atomic mass is 9.81. The molecule has 0 amide bonds. The molecule has 1 aromatic heterocycles. The average Bonchev–Trinajstić information content (AvgIpc) is 3.67. The number of anilines is 5. The van der Waals surface area contributed by atoms with Crippen molar-refractivity contribution >= 4 is 86.6 Å². The van der Waals surface area contributed by atoms with Crippen LogP contribution in [0.3, 0.4) is 0 Å². The third-order valence-electron chi connectivity index (χ3n) is 13.3. The van der Waals surface area contributed by atoms with Crippen LogP contribution in [-0.2, 0) is 11.8 Å². The van der Waals surface area contributed by atoms with Crippen molar-refractivity contribution in [2.45, 2.75) is 32.1 Å². The van der Waals surface area contributed by atoms with Gasteiger partial charge in [-0.15, -0.1) is 0 Å². The number of aryl methyl sites for hydroxylation is 1. The van der Waals surface area contributed by atoms with E-state index < -0.39 is 7.53 Å². The molecule has 0 radical (unpaired) electrons. The van der Waals surface area contributed by atoms with Gasteiger partial charge in [0.2, 0.25) is 0 Å². The highest BCUT2D eigenvalue weighted by atomic mass is 31.1. The summed E-state index contributed by atoms with van der Waals surface area (Å²) in [4.78, 5) is 4.95. The zero-order valence-corrected chi connectivity index (χ0v) is 35.3. The molecule has 2 aliphatic carbocycles. The largest absolute Gasteiger partial charge is 0.341 e. The van der Waals surface area contributed by atoms with E-state index in [1.165, 1.54) is 106 Å². The molecule has 0 saturated carbocycles. The summed E-state index contributed by atoms with van der Waals surface area (Å²) < 4.78 is 0. The van der Waals surface area contributed by atoms with E-state index in [9.17, 15) is 0 Å². The molecule has 8 aromatic rings. The fourth-order valence-electron chi connectivity index (χ4n) is 10.3. The molecule has 0 fully saturated rings. The monoisotopic (exact) mass is 798 g/mol. The summed E-state index contributed by atoms with van der Waals surface area (Å²) in [6.07, 6.45) is 17.7. The first-order chi connectivity index (χ1) is 30.0. The first-order valence-electron chi connectivity index (χ1n) is 21.5. The minimum absolute atomic E-state index is 0.109. The Morgan fingerprint density at radius 2 is 1.21 bits per heavy atom. The first-order valence-corrected chi connectivity index (χ1v) is 22.8. The normalized spacial score (nSPS) is 15.8. The Bertz CT molecular complexity index is 3310. The van der Waals surface area contributed by atoms with Gasteiger partial charge in [-0.2, -0.15) is 0 Å². The molecule has 0 N–H and O–H groups in total. The van der Waals surface area contributed by atoms with Crippen molar-refractivity contribution in [3.63, 3.8) is 0 Å². The van der Waals surface area contributed by atoms with Gasteiger partial charge in [-0.25, -0.2) is 0 Å². The molecule has 12 rings (SSSR count). The number of benzene rings is 7. The van der Waals surface area contributed by atoms with Gasteiger partial charge in [0, 0.05) is 44.6 Å². The highest BCUT2D eigenvalue weighted by Crippen LogP contribution is 2.57. The van der Waals surface area contributed by atoms with Crippen LogP contribution in [0.5, 0.6) is 0 Å². The van der Waals surface area contributed by atoms with Crippen molar-refractivity contribution in [3.8, 4) is 11.1 Å². The summed E-state index contributed by atoms with van der Waals surface area (Å²) in [5.74, 6) is 0. The second-order valence-electron chi connectivity index (χ2n) is 17.2. The molecule has 0 saturated heterocycles. The van der Waals surface area contributed by atoms with Gasteiger partial charge in [0.05, 0.1) is 11.4 Å². The van der Waals surface area contributed by atoms with Crippen LogP contribution < -0.4 is 9.80 Å². The Kier molecular flexibility index (Phi) is 8.25. The smallest absolute Gasteiger partial charge is 0.0534 e. The molecule has 7 aromatic carbocycles. The van der Waals surface area contributed by atoms with Crippen LogP contribution in [0.4, 0.5) is 28.4 Å². The molecule has 3 heteroatoms. The lowest BCUT2D eigenvalue weighted by Gasteiger charge is -2.32. The molecule has 1 atom stereocenters. The fourth-order valence-corrected chi connectivity index (χ4v) is 12.8. The van der Waals surface area contributed by atoms with Crippen LogP contribution in [0.2, 0.25) is 0 Å². The van der Waals surface area contributed by atoms with E-state index in [1.807, 2.05) is 6.08 Å². The minimum Gasteiger partial charge on any atom is -0.341 e. The Morgan fingerprint density at radius 1 is 0.590 bits per heavy atom. The molecular weight excluding hydrogens is 756 g/mol. The van der Waals surface area contributed by atoms with Crippen molar-refractivity contribution in [3.05, 3.63) is 214 Å². The van der Waals surface area contributed by atoms with Crippen LogP contribution in [-0.4, -0.2) is 6.54 Å². The SMILES string of the molecule is CC1(C)c2cc(C=Cc3ccc4c(c3)c3cc(N5c6ccccc6C=Cc6ccccc65)ccc3p4C3=C=C=CC=C3)ccc2-c2ccc(N3CCCc4ccccc43)cc21. The van der Waals surface area contributed by atoms with Crippen LogP contribution in [0, 0.1) is 0 Å². The van der Waals surface area contributed by atoms with Gasteiger partial charge in [-0.3, -0.25) is 0 Å². The standard InChI is InChI=1S/C58H43N2P/c1-58(2)51-36-40(24-30-47(51)48-31-28-44(38-52(48)58)59-34-12-16-41-13-6-9-19-53(41)59)23-22-39-25-32-56-49(35-39)50-37-45(29-33-57(50)61(56)46-17-4-3-5-18-46)60-54-20-10-7-14-42(54)26-27-43-15-8-11-21-55(43)60/h3-4,6-11,13-15,17,19-33,35-38H,12,16,34H2,1-2H3. The summed E-state index contributed by atoms with van der Waals surface area (Å²) in [6.45, 7) is 5.84. The van der Waals surface area contributed by atoms with E-state index in [4.69, 9.17) is 0 Å². The molecule has 0 bridgehead atoms. The number of allylic oxidation sites excluding steroid dienone is 4. The molecule has 3 heterocycles. The fraction of sp³-hybridized carbons (Fsp3) is 0.103. The Morgan fingerprint density at radius 3 is 1.97 bits per heavy atom. The Hall–Kier alpha value is -7.04. The van der Waals surface area contributed by atoms with Gasteiger partial charge < -0.3 is 9.80 Å². The van der Waals surface area contributed by atoms with Gasteiger partial charge in [0.25, 0.3) is 0 Å². The van der Waals surface area contributed by atoms with Crippen molar-refractivity contribution in [2.75, 3.05) is 16.3 Å². The predicted octanol–water partition coefficient (Wildman–Crippen LogP) is 16.2. The Labute approximate surface area is 358 Å². The summed E-state index contributed by atoms with van der Waals surface area (Å²) in [5.41, 5.74) is 24.6. The van der Waals surface area contributed by atoms with E-state index >= 15 is 0 Å². The number of hydrogen-bond donors (Lipinski definition) is 0. The molecular formula is C58H43N2P. The van der Waals surface area contributed by atoms with Crippen LogP contribution in [0.1, 0.15) is 59.2 Å². The summed E-state index contributed by atoms with van der Waals surface area (Å²) in [5, 5.41) is 6.54. The highest BCUT2D eigenvalue weighted by Gasteiger charge is 2.36. The second kappa shape index (κ2) is 14.0. The molecule has 4 aliphatic rings. The maximum absolute atomic E-state index is 3.49. The average molecular weight is 799 g/mol. The van der Waals surface area contributed by atoms with Gasteiger partial charge >= 0.3 is 0 Å². The van der Waals surface area contributed by atoms with Crippen molar-refractivity contribution in [1.29, 1.82) is 0 Å². The molecule has 290 valence electrons. The number of hydrogen-bond acceptors (Lipinski definition) is 2. The zero-order valence-electron chi connectivity index (χ0n) is 34.4. The predicted molar refractivity (Wildman–Crippen MR) is 263 cm³/mol. The van der Waals surface area contributed by atoms with Gasteiger partial charge in [0.1, 0.15) is 0 Å². The van der Waals surface area contributed by atoms with Crippen LogP contribution in [0.15, 0.2) is 175 Å². The van der Waals surface area contributed by atoms with E-state index in [2.05, 4.69) is 217 Å². The maximum Gasteiger partial charge on any atom is 0.0534 e. The minimum atomic E-state index is -0.779. The van der Waals surface area contributed by atoms with E-state index in [0.29, 0.717) is 0 Å². The second-order valence-corrected chi connectivity index (χ2v) is 19.3. The molecule has 2 nitrogen and oxygen atoms in total. The summed E-state index contributed by atoms with van der Waals surface area (Å²) in [6, 6.07) is 54.7. The molecule has 1 unspecified atom stereocenters. The van der Waals surface area contributed by atoms with Crippen molar-refractivity contribution in [2.24, 2.45) is 0 Å². The molecule has 0 spiro atoms. The maximum atomic E-state index is 3.49. The lowest BCUT2D eigenvalue weighted by molar-refractivity contribution is 0.659. The lowest BCUT2D eigenvalue weighted by Crippen LogP contribution is -2.25. The van der Waals surface area contributed by atoms with Gasteiger partial charge in [-0.1, -0.05) is 148 Å². The highest BCUT2D eigenvalue weighted by molar-refractivity contribution is 7.71. The van der Waals surface area contributed by atoms with Crippen LogP contribution >= 0.6 is 7.53 Å². The van der Waals surface area contributed by atoms with E-state index in [0.717, 1.165) is 18.7 Å². The summed E-state index contributed by atoms with van der Waals surface area (Å²) in [7, 11) is -0.779. The van der Waals surface area contributed by atoms with Gasteiger partial charge in [0.15, 0.2) is 0 Å². The number of para-hydroxylation sites is 3. The van der Waals surface area contributed by atoms with Crippen LogP contribution in [0.25, 0.3) is 61.8 Å². The first kappa shape index (κ1) is 35.9. The quantitative estimate of drug-likeness (QED) is 0.126. The van der Waals surface area contributed by atoms with E-state index in [-0.39, 0.29) is 5.41 Å². The zero-order chi connectivity index (χ0) is 40.7. The molecule has 61 heavy (non-hydrogen) atoms. The number of nitrogens with zero attached hydrogens (tertiary/aromatic N) is 2. The Balaban J connectivity index is 0.929.